The number of carbonyl (C=O) groups excluding carboxylic acids is 1. The standard InChI is InChI=1S/C13H26N2O/c1-10(12(2,3)4)8-11(16)15-13(5)6-7-14-9-13/h10,14H,6-9H2,1-5H3,(H,15,16). The van der Waals surface area contributed by atoms with Crippen LogP contribution in [0.25, 0.3) is 0 Å². The third-order valence-corrected chi connectivity index (χ3v) is 3.78. The monoisotopic (exact) mass is 226 g/mol. The van der Waals surface area contributed by atoms with E-state index >= 15 is 0 Å². The third-order valence-electron chi connectivity index (χ3n) is 3.78. The fraction of sp³-hybridized carbons (Fsp3) is 0.923. The Balaban J connectivity index is 2.41. The molecule has 0 aliphatic carbocycles. The minimum absolute atomic E-state index is 0.0330. The van der Waals surface area contributed by atoms with E-state index in [1.54, 1.807) is 0 Å². The Kier molecular flexibility index (Phi) is 4.00. The van der Waals surface area contributed by atoms with Gasteiger partial charge in [-0.05, 0) is 31.2 Å². The smallest absolute Gasteiger partial charge is 0.220 e. The highest BCUT2D eigenvalue weighted by molar-refractivity contribution is 5.77. The van der Waals surface area contributed by atoms with E-state index in [0.29, 0.717) is 12.3 Å². The molecule has 1 amide bonds. The van der Waals surface area contributed by atoms with Crippen molar-refractivity contribution in [2.45, 2.75) is 53.0 Å². The zero-order valence-electron chi connectivity index (χ0n) is 11.3. The van der Waals surface area contributed by atoms with E-state index in [1.165, 1.54) is 0 Å². The van der Waals surface area contributed by atoms with E-state index in [2.05, 4.69) is 45.3 Å². The second-order valence-corrected chi connectivity index (χ2v) is 6.51. The first-order valence-electron chi connectivity index (χ1n) is 6.25. The summed E-state index contributed by atoms with van der Waals surface area (Å²) in [6, 6.07) is 0. The molecule has 1 heterocycles. The lowest BCUT2D eigenvalue weighted by Crippen LogP contribution is -2.48. The molecule has 0 aromatic heterocycles. The highest BCUT2D eigenvalue weighted by Crippen LogP contribution is 2.28. The van der Waals surface area contributed by atoms with E-state index < -0.39 is 0 Å². The molecule has 94 valence electrons. The van der Waals surface area contributed by atoms with Crippen molar-refractivity contribution in [1.82, 2.24) is 10.6 Å². The molecular formula is C13H26N2O. The Hall–Kier alpha value is -0.570. The van der Waals surface area contributed by atoms with Crippen molar-refractivity contribution in [2.24, 2.45) is 11.3 Å². The topological polar surface area (TPSA) is 41.1 Å². The van der Waals surface area contributed by atoms with Gasteiger partial charge in [0.1, 0.15) is 0 Å². The van der Waals surface area contributed by atoms with Gasteiger partial charge < -0.3 is 10.6 Å². The predicted octanol–water partition coefficient (Wildman–Crippen LogP) is 1.93. The van der Waals surface area contributed by atoms with Crippen molar-refractivity contribution in [3.63, 3.8) is 0 Å². The summed E-state index contributed by atoms with van der Waals surface area (Å²) in [6.07, 6.45) is 1.65. The summed E-state index contributed by atoms with van der Waals surface area (Å²) in [4.78, 5) is 11.9. The summed E-state index contributed by atoms with van der Waals surface area (Å²) >= 11 is 0. The van der Waals surface area contributed by atoms with Gasteiger partial charge in [-0.15, -0.1) is 0 Å². The molecule has 16 heavy (non-hydrogen) atoms. The second-order valence-electron chi connectivity index (χ2n) is 6.51. The van der Waals surface area contributed by atoms with E-state index in [0.717, 1.165) is 19.5 Å². The highest BCUT2D eigenvalue weighted by atomic mass is 16.1. The van der Waals surface area contributed by atoms with Crippen LogP contribution in [-0.2, 0) is 4.79 Å². The van der Waals surface area contributed by atoms with Crippen LogP contribution in [0.4, 0.5) is 0 Å². The van der Waals surface area contributed by atoms with Gasteiger partial charge in [0.2, 0.25) is 5.91 Å². The summed E-state index contributed by atoms with van der Waals surface area (Å²) in [7, 11) is 0. The van der Waals surface area contributed by atoms with Crippen LogP contribution in [-0.4, -0.2) is 24.5 Å². The largest absolute Gasteiger partial charge is 0.350 e. The van der Waals surface area contributed by atoms with Crippen molar-refractivity contribution < 1.29 is 4.79 Å². The first-order chi connectivity index (χ1) is 7.23. The number of carbonyl (C=O) groups is 1. The molecule has 2 unspecified atom stereocenters. The SMILES string of the molecule is CC(CC(=O)NC1(C)CCNC1)C(C)(C)C. The summed E-state index contributed by atoms with van der Waals surface area (Å²) in [6.45, 7) is 12.7. The molecular weight excluding hydrogens is 200 g/mol. The molecule has 1 rings (SSSR count). The van der Waals surface area contributed by atoms with Crippen LogP contribution in [0.15, 0.2) is 0 Å². The van der Waals surface area contributed by atoms with Gasteiger partial charge in [-0.2, -0.15) is 0 Å². The molecule has 2 N–H and O–H groups in total. The van der Waals surface area contributed by atoms with Crippen molar-refractivity contribution in [3.05, 3.63) is 0 Å². The van der Waals surface area contributed by atoms with Gasteiger partial charge in [0.05, 0.1) is 5.54 Å². The average Bonchev–Trinajstić information content (AvgIpc) is 2.49. The predicted molar refractivity (Wildman–Crippen MR) is 67.3 cm³/mol. The molecule has 1 fully saturated rings. The number of hydrogen-bond donors (Lipinski definition) is 2. The maximum absolute atomic E-state index is 11.9. The Morgan fingerprint density at radius 2 is 2.12 bits per heavy atom. The number of hydrogen-bond acceptors (Lipinski definition) is 2. The molecule has 1 aliphatic heterocycles. The number of nitrogens with one attached hydrogen (secondary N) is 2. The van der Waals surface area contributed by atoms with Crippen LogP contribution in [0, 0.1) is 11.3 Å². The fourth-order valence-electron chi connectivity index (χ4n) is 1.90. The maximum Gasteiger partial charge on any atom is 0.220 e. The zero-order chi connectivity index (χ0) is 12.4. The molecule has 3 heteroatoms. The van der Waals surface area contributed by atoms with Crippen molar-refractivity contribution in [3.8, 4) is 0 Å². The van der Waals surface area contributed by atoms with E-state index in [-0.39, 0.29) is 16.9 Å². The van der Waals surface area contributed by atoms with Crippen LogP contribution < -0.4 is 10.6 Å². The van der Waals surface area contributed by atoms with Crippen LogP contribution in [0.1, 0.15) is 47.5 Å². The first kappa shape index (κ1) is 13.5. The lowest BCUT2D eigenvalue weighted by molar-refractivity contribution is -0.124. The van der Waals surface area contributed by atoms with E-state index in [4.69, 9.17) is 0 Å². The van der Waals surface area contributed by atoms with Gasteiger partial charge in [-0.25, -0.2) is 0 Å². The van der Waals surface area contributed by atoms with E-state index in [9.17, 15) is 4.79 Å². The third kappa shape index (κ3) is 3.78. The van der Waals surface area contributed by atoms with Gasteiger partial charge in [0.15, 0.2) is 0 Å². The van der Waals surface area contributed by atoms with Gasteiger partial charge in [-0.1, -0.05) is 27.7 Å². The fourth-order valence-corrected chi connectivity index (χ4v) is 1.90. The lowest BCUT2D eigenvalue weighted by Gasteiger charge is -2.29. The van der Waals surface area contributed by atoms with Crippen LogP contribution >= 0.6 is 0 Å². The van der Waals surface area contributed by atoms with Gasteiger partial charge >= 0.3 is 0 Å². The first-order valence-corrected chi connectivity index (χ1v) is 6.25. The summed E-state index contributed by atoms with van der Waals surface area (Å²) < 4.78 is 0. The molecule has 0 spiro atoms. The number of rotatable bonds is 3. The van der Waals surface area contributed by atoms with Crippen molar-refractivity contribution in [2.75, 3.05) is 13.1 Å². The summed E-state index contributed by atoms with van der Waals surface area (Å²) in [5.74, 6) is 0.596. The zero-order valence-corrected chi connectivity index (χ0v) is 11.3. The van der Waals surface area contributed by atoms with Crippen LogP contribution in [0.2, 0.25) is 0 Å². The van der Waals surface area contributed by atoms with Crippen molar-refractivity contribution in [1.29, 1.82) is 0 Å². The van der Waals surface area contributed by atoms with Crippen LogP contribution in [0.5, 0.6) is 0 Å². The quantitative estimate of drug-likeness (QED) is 0.772. The lowest BCUT2D eigenvalue weighted by atomic mass is 9.80. The molecule has 0 bridgehead atoms. The molecule has 3 nitrogen and oxygen atoms in total. The van der Waals surface area contributed by atoms with Gasteiger partial charge in [-0.3, -0.25) is 4.79 Å². The van der Waals surface area contributed by atoms with Gasteiger partial charge in [0, 0.05) is 13.0 Å². The maximum atomic E-state index is 11.9. The molecule has 1 aliphatic rings. The minimum atomic E-state index is -0.0330. The van der Waals surface area contributed by atoms with E-state index in [1.807, 2.05) is 0 Å². The Bertz CT molecular complexity index is 249. The Morgan fingerprint density at radius 1 is 1.50 bits per heavy atom. The molecule has 0 aromatic rings. The van der Waals surface area contributed by atoms with Crippen LogP contribution in [0.3, 0.4) is 0 Å². The molecule has 1 saturated heterocycles. The molecule has 2 atom stereocenters. The Morgan fingerprint density at radius 3 is 2.56 bits per heavy atom. The Labute approximate surface area is 99.4 Å². The number of amides is 1. The molecule has 0 radical (unpaired) electrons. The molecule has 0 aromatic carbocycles. The normalized spacial score (nSPS) is 27.8. The summed E-state index contributed by atoms with van der Waals surface area (Å²) in [5.41, 5.74) is 0.168. The van der Waals surface area contributed by atoms with Crippen molar-refractivity contribution >= 4 is 5.91 Å². The minimum Gasteiger partial charge on any atom is -0.350 e. The average molecular weight is 226 g/mol. The molecule has 0 saturated carbocycles. The summed E-state index contributed by atoms with van der Waals surface area (Å²) in [5, 5.41) is 6.44. The highest BCUT2D eigenvalue weighted by Gasteiger charge is 2.31. The second kappa shape index (κ2) is 4.74. The van der Waals surface area contributed by atoms with Gasteiger partial charge in [0.25, 0.3) is 0 Å².